The van der Waals surface area contributed by atoms with E-state index in [9.17, 15) is 20.1 Å². The molecular formula is C11H16O8. The number of esters is 1. The van der Waals surface area contributed by atoms with Crippen LogP contribution in [0.5, 0.6) is 0 Å². The number of hydrogen-bond acceptors (Lipinski definition) is 8. The van der Waals surface area contributed by atoms with Gasteiger partial charge in [0.15, 0.2) is 6.29 Å². The Balaban J connectivity index is 1.99. The molecule has 2 rings (SSSR count). The molecule has 8 nitrogen and oxygen atoms in total. The topological polar surface area (TPSA) is 126 Å². The van der Waals surface area contributed by atoms with E-state index in [1.165, 1.54) is 12.2 Å². The Morgan fingerprint density at radius 1 is 1.26 bits per heavy atom. The number of cyclic esters (lactones) is 1. The lowest BCUT2D eigenvalue weighted by Crippen LogP contribution is -2.59. The molecule has 2 heterocycles. The monoisotopic (exact) mass is 276 g/mol. The average Bonchev–Trinajstić information content (AvgIpc) is 2.42. The van der Waals surface area contributed by atoms with E-state index in [0.717, 1.165) is 0 Å². The van der Waals surface area contributed by atoms with Gasteiger partial charge in [0.05, 0.1) is 6.61 Å². The zero-order valence-corrected chi connectivity index (χ0v) is 9.95. The molecule has 19 heavy (non-hydrogen) atoms. The number of carbonyl (C=O) groups is 1. The lowest BCUT2D eigenvalue weighted by Gasteiger charge is -2.40. The van der Waals surface area contributed by atoms with Crippen molar-refractivity contribution in [3.8, 4) is 0 Å². The van der Waals surface area contributed by atoms with Crippen LogP contribution in [-0.4, -0.2) is 76.4 Å². The third kappa shape index (κ3) is 3.11. The van der Waals surface area contributed by atoms with E-state index < -0.39 is 49.4 Å². The fourth-order valence-electron chi connectivity index (χ4n) is 1.89. The lowest BCUT2D eigenvalue weighted by molar-refractivity contribution is -0.309. The zero-order valence-electron chi connectivity index (χ0n) is 9.95. The molecule has 0 aromatic rings. The Morgan fingerprint density at radius 2 is 2.00 bits per heavy atom. The lowest BCUT2D eigenvalue weighted by atomic mass is 9.99. The first-order valence-electron chi connectivity index (χ1n) is 5.84. The van der Waals surface area contributed by atoms with Crippen LogP contribution in [0.1, 0.15) is 0 Å². The molecule has 1 fully saturated rings. The van der Waals surface area contributed by atoms with Crippen molar-refractivity contribution >= 4 is 5.97 Å². The minimum absolute atomic E-state index is 0.0373. The van der Waals surface area contributed by atoms with Crippen LogP contribution in [0.25, 0.3) is 0 Å². The van der Waals surface area contributed by atoms with Crippen LogP contribution >= 0.6 is 0 Å². The summed E-state index contributed by atoms with van der Waals surface area (Å²) in [5.74, 6) is -0.492. The molecule has 0 aromatic heterocycles. The highest BCUT2D eigenvalue weighted by Crippen LogP contribution is 2.23. The van der Waals surface area contributed by atoms with Crippen LogP contribution in [0.4, 0.5) is 0 Å². The molecule has 0 unspecified atom stereocenters. The summed E-state index contributed by atoms with van der Waals surface area (Å²) in [5.41, 5.74) is 0. The number of aliphatic hydroxyl groups excluding tert-OH is 4. The number of carbonyl (C=O) groups excluding carboxylic acids is 1. The second-order valence-electron chi connectivity index (χ2n) is 4.36. The van der Waals surface area contributed by atoms with Gasteiger partial charge in [-0.1, -0.05) is 0 Å². The molecule has 108 valence electrons. The van der Waals surface area contributed by atoms with Gasteiger partial charge in [-0.05, 0) is 6.08 Å². The summed E-state index contributed by atoms with van der Waals surface area (Å²) >= 11 is 0. The highest BCUT2D eigenvalue weighted by atomic mass is 16.7. The van der Waals surface area contributed by atoms with E-state index in [2.05, 4.69) is 0 Å². The highest BCUT2D eigenvalue weighted by Gasteiger charge is 2.44. The minimum atomic E-state index is -1.49. The number of ether oxygens (including phenoxy) is 3. The zero-order chi connectivity index (χ0) is 14.0. The molecule has 8 heteroatoms. The molecule has 0 radical (unpaired) electrons. The van der Waals surface area contributed by atoms with Gasteiger partial charge in [-0.3, -0.25) is 0 Å². The summed E-state index contributed by atoms with van der Waals surface area (Å²) in [5, 5.41) is 37.9. The van der Waals surface area contributed by atoms with Crippen LogP contribution in [-0.2, 0) is 19.0 Å². The Kier molecular flexibility index (Phi) is 4.50. The van der Waals surface area contributed by atoms with Crippen molar-refractivity contribution in [1.29, 1.82) is 0 Å². The molecule has 2 aliphatic rings. The van der Waals surface area contributed by atoms with Crippen molar-refractivity contribution in [3.05, 3.63) is 12.2 Å². The summed E-state index contributed by atoms with van der Waals surface area (Å²) in [6.07, 6.45) is -4.67. The van der Waals surface area contributed by atoms with Gasteiger partial charge in [0.25, 0.3) is 0 Å². The van der Waals surface area contributed by atoms with Gasteiger partial charge in [0.1, 0.15) is 37.1 Å². The van der Waals surface area contributed by atoms with Crippen molar-refractivity contribution in [2.45, 2.75) is 36.8 Å². The molecule has 0 aliphatic carbocycles. The van der Waals surface area contributed by atoms with Crippen molar-refractivity contribution in [3.63, 3.8) is 0 Å². The summed E-state index contributed by atoms with van der Waals surface area (Å²) in [7, 11) is 0. The van der Waals surface area contributed by atoms with Gasteiger partial charge in [-0.15, -0.1) is 0 Å². The number of rotatable bonds is 3. The fourth-order valence-corrected chi connectivity index (χ4v) is 1.89. The predicted molar refractivity (Wildman–Crippen MR) is 58.7 cm³/mol. The van der Waals surface area contributed by atoms with Crippen LogP contribution in [0.3, 0.4) is 0 Å². The van der Waals surface area contributed by atoms with Crippen molar-refractivity contribution in [2.24, 2.45) is 0 Å². The molecular weight excluding hydrogens is 260 g/mol. The van der Waals surface area contributed by atoms with Gasteiger partial charge in [-0.25, -0.2) is 4.79 Å². The quantitative estimate of drug-likeness (QED) is 0.410. The highest BCUT2D eigenvalue weighted by molar-refractivity contribution is 5.82. The Morgan fingerprint density at radius 3 is 2.58 bits per heavy atom. The number of aliphatic hydroxyl groups is 4. The van der Waals surface area contributed by atoms with Crippen LogP contribution < -0.4 is 0 Å². The maximum atomic E-state index is 10.8. The minimum Gasteiger partial charge on any atom is -0.459 e. The van der Waals surface area contributed by atoms with Gasteiger partial charge < -0.3 is 34.6 Å². The smallest absolute Gasteiger partial charge is 0.330 e. The molecule has 1 saturated heterocycles. The second kappa shape index (κ2) is 5.95. The summed E-state index contributed by atoms with van der Waals surface area (Å²) < 4.78 is 15.2. The molecule has 0 amide bonds. The van der Waals surface area contributed by atoms with E-state index in [0.29, 0.717) is 0 Å². The van der Waals surface area contributed by atoms with Crippen LogP contribution in [0, 0.1) is 0 Å². The summed E-state index contributed by atoms with van der Waals surface area (Å²) in [4.78, 5) is 10.8. The van der Waals surface area contributed by atoms with Gasteiger partial charge >= 0.3 is 5.97 Å². The maximum absolute atomic E-state index is 10.8. The van der Waals surface area contributed by atoms with E-state index in [1.54, 1.807) is 0 Å². The second-order valence-corrected chi connectivity index (χ2v) is 4.36. The van der Waals surface area contributed by atoms with Gasteiger partial charge in [0.2, 0.25) is 0 Å². The van der Waals surface area contributed by atoms with Crippen molar-refractivity contribution in [1.82, 2.24) is 0 Å². The van der Waals surface area contributed by atoms with E-state index >= 15 is 0 Å². The molecule has 0 aromatic carbocycles. The van der Waals surface area contributed by atoms with E-state index in [-0.39, 0.29) is 6.61 Å². The van der Waals surface area contributed by atoms with Crippen molar-refractivity contribution < 1.29 is 39.4 Å². The molecule has 0 saturated carbocycles. The third-order valence-corrected chi connectivity index (χ3v) is 2.99. The van der Waals surface area contributed by atoms with Crippen LogP contribution in [0.15, 0.2) is 12.2 Å². The molecule has 0 spiro atoms. The van der Waals surface area contributed by atoms with E-state index in [4.69, 9.17) is 19.3 Å². The Hall–Kier alpha value is -1.03. The van der Waals surface area contributed by atoms with E-state index in [1.807, 2.05) is 0 Å². The number of hydrogen-bond donors (Lipinski definition) is 4. The first kappa shape index (κ1) is 14.4. The molecule has 0 bridgehead atoms. The first-order valence-corrected chi connectivity index (χ1v) is 5.84. The largest absolute Gasteiger partial charge is 0.459 e. The SMILES string of the molecule is O=C1C=C[C@@H](O[C@@H]2O[C@@H](CO)[C@@H](O)[C@H](O)[C@@H]2O)CO1. The third-order valence-electron chi connectivity index (χ3n) is 2.99. The molecule has 4 N–H and O–H groups in total. The Labute approximate surface area is 108 Å². The Bertz CT molecular complexity index is 355. The maximum Gasteiger partial charge on any atom is 0.330 e. The standard InChI is InChI=1S/C11H16O8/c12-3-6-8(14)9(15)10(16)11(19-6)18-5-1-2-7(13)17-4-5/h1-2,5-6,8-12,14-16H,3-4H2/t5-,6+,8-,9+,10+,11-/m1/s1. The summed E-state index contributed by atoms with van der Waals surface area (Å²) in [6.45, 7) is -0.565. The average molecular weight is 276 g/mol. The van der Waals surface area contributed by atoms with Crippen LogP contribution in [0.2, 0.25) is 0 Å². The summed E-state index contributed by atoms with van der Waals surface area (Å²) in [6, 6.07) is 0. The first-order chi connectivity index (χ1) is 9.02. The fraction of sp³-hybridized carbons (Fsp3) is 0.727. The normalized spacial score (nSPS) is 43.1. The molecule has 6 atom stereocenters. The predicted octanol–water partition coefficient (Wildman–Crippen LogP) is -2.72. The van der Waals surface area contributed by atoms with Gasteiger partial charge in [-0.2, -0.15) is 0 Å². The van der Waals surface area contributed by atoms with Gasteiger partial charge in [0, 0.05) is 6.08 Å². The molecule has 2 aliphatic heterocycles. The van der Waals surface area contributed by atoms with Crippen molar-refractivity contribution in [2.75, 3.05) is 13.2 Å².